The third-order valence-electron chi connectivity index (χ3n) is 4.04. The van der Waals surface area contributed by atoms with Crippen LogP contribution < -0.4 is 4.72 Å². The molecule has 3 aromatic carbocycles. The van der Waals surface area contributed by atoms with E-state index in [-0.39, 0.29) is 6.04 Å². The molecule has 0 saturated heterocycles. The molecule has 0 bridgehead atoms. The van der Waals surface area contributed by atoms with Crippen LogP contribution in [-0.2, 0) is 17.4 Å². The highest BCUT2D eigenvalue weighted by molar-refractivity contribution is 7.83. The maximum atomic E-state index is 12.8. The van der Waals surface area contributed by atoms with Gasteiger partial charge in [0.2, 0.25) is 0 Å². The molecule has 1 N–H and O–H groups in total. The van der Waals surface area contributed by atoms with Crippen LogP contribution in [0.5, 0.6) is 0 Å². The van der Waals surface area contributed by atoms with Gasteiger partial charge in [0, 0.05) is 11.1 Å². The van der Waals surface area contributed by atoms with Crippen LogP contribution in [0.25, 0.3) is 0 Å². The zero-order chi connectivity index (χ0) is 17.6. The molecule has 2 nitrogen and oxygen atoms in total. The zero-order valence-corrected chi connectivity index (χ0v) is 15.6. The maximum absolute atomic E-state index is 12.8. The third-order valence-corrected chi connectivity index (χ3v) is 5.49. The SMILES string of the molecule is Cc1ccc(S(=O)N[C@H](Cc2ccccc2)c2ccc(Cl)cc2)cc1. The van der Waals surface area contributed by atoms with E-state index in [4.69, 9.17) is 11.6 Å². The highest BCUT2D eigenvalue weighted by Gasteiger charge is 2.16. The molecule has 0 radical (unpaired) electrons. The summed E-state index contributed by atoms with van der Waals surface area (Å²) in [7, 11) is -1.28. The van der Waals surface area contributed by atoms with E-state index in [1.165, 1.54) is 5.56 Å². The zero-order valence-electron chi connectivity index (χ0n) is 14.0. The fourth-order valence-corrected chi connectivity index (χ4v) is 3.75. The lowest BCUT2D eigenvalue weighted by Gasteiger charge is -2.19. The summed E-state index contributed by atoms with van der Waals surface area (Å²) in [6.45, 7) is 2.02. The summed E-state index contributed by atoms with van der Waals surface area (Å²) in [5.74, 6) is 0. The summed E-state index contributed by atoms with van der Waals surface area (Å²) in [6, 6.07) is 25.6. The Hall–Kier alpha value is -1.94. The first-order chi connectivity index (χ1) is 12.1. The number of benzene rings is 3. The van der Waals surface area contributed by atoms with Crippen molar-refractivity contribution < 1.29 is 4.21 Å². The smallest absolute Gasteiger partial charge is 0.125 e. The predicted molar refractivity (Wildman–Crippen MR) is 105 cm³/mol. The molecule has 0 aliphatic rings. The Labute approximate surface area is 156 Å². The van der Waals surface area contributed by atoms with E-state index in [0.29, 0.717) is 5.02 Å². The molecule has 4 heteroatoms. The first kappa shape index (κ1) is 17.9. The van der Waals surface area contributed by atoms with Gasteiger partial charge in [0.25, 0.3) is 0 Å². The van der Waals surface area contributed by atoms with Crippen LogP contribution in [0.1, 0.15) is 22.7 Å². The molecule has 0 saturated carbocycles. The molecule has 128 valence electrons. The molecule has 0 aliphatic heterocycles. The molecule has 3 aromatic rings. The second-order valence-electron chi connectivity index (χ2n) is 5.99. The van der Waals surface area contributed by atoms with Gasteiger partial charge in [-0.15, -0.1) is 0 Å². The number of hydrogen-bond acceptors (Lipinski definition) is 1. The van der Waals surface area contributed by atoms with E-state index >= 15 is 0 Å². The van der Waals surface area contributed by atoms with Gasteiger partial charge in [-0.05, 0) is 48.7 Å². The summed E-state index contributed by atoms with van der Waals surface area (Å²) in [4.78, 5) is 0.776. The van der Waals surface area contributed by atoms with E-state index in [1.54, 1.807) is 0 Å². The molecule has 25 heavy (non-hydrogen) atoms. The lowest BCUT2D eigenvalue weighted by Crippen LogP contribution is -2.25. The van der Waals surface area contributed by atoms with Gasteiger partial charge in [0.15, 0.2) is 0 Å². The molecule has 0 aromatic heterocycles. The largest absolute Gasteiger partial charge is 0.237 e. The quantitative estimate of drug-likeness (QED) is 0.632. The van der Waals surface area contributed by atoms with E-state index in [9.17, 15) is 4.21 Å². The minimum Gasteiger partial charge on any atom is -0.237 e. The standard InChI is InChI=1S/C21H20ClNOS/c1-16-7-13-20(14-8-16)25(24)23-21(15-17-5-3-2-4-6-17)18-9-11-19(22)12-10-18/h2-14,21,23H,15H2,1H3/t21-,25?/m1/s1. The number of aryl methyl sites for hydroxylation is 1. The van der Waals surface area contributed by atoms with Crippen molar-refractivity contribution in [3.05, 3.63) is 101 Å². The Morgan fingerprint density at radius 1 is 0.920 bits per heavy atom. The predicted octanol–water partition coefficient (Wildman–Crippen LogP) is 5.24. The second kappa shape index (κ2) is 8.43. The second-order valence-corrected chi connectivity index (χ2v) is 7.67. The summed E-state index contributed by atoms with van der Waals surface area (Å²) in [6.07, 6.45) is 0.750. The van der Waals surface area contributed by atoms with Crippen LogP contribution in [0.4, 0.5) is 0 Å². The number of halogens is 1. The van der Waals surface area contributed by atoms with E-state index in [1.807, 2.05) is 73.7 Å². The minimum absolute atomic E-state index is 0.0678. The van der Waals surface area contributed by atoms with Crippen LogP contribution in [0, 0.1) is 6.92 Å². The van der Waals surface area contributed by atoms with Crippen molar-refractivity contribution in [2.75, 3.05) is 0 Å². The molecule has 3 rings (SSSR count). The average molecular weight is 370 g/mol. The number of rotatable bonds is 6. The third kappa shape index (κ3) is 5.02. The number of hydrogen-bond donors (Lipinski definition) is 1. The fourth-order valence-electron chi connectivity index (χ4n) is 2.63. The average Bonchev–Trinajstić information content (AvgIpc) is 2.63. The topological polar surface area (TPSA) is 29.1 Å². The summed E-state index contributed by atoms with van der Waals surface area (Å²) < 4.78 is 16.0. The van der Waals surface area contributed by atoms with Gasteiger partial charge in [-0.25, -0.2) is 8.93 Å². The van der Waals surface area contributed by atoms with Crippen molar-refractivity contribution in [1.82, 2.24) is 4.72 Å². The van der Waals surface area contributed by atoms with Gasteiger partial charge < -0.3 is 0 Å². The van der Waals surface area contributed by atoms with Crippen LogP contribution >= 0.6 is 11.6 Å². The molecule has 0 heterocycles. The fraction of sp³-hybridized carbons (Fsp3) is 0.143. The Balaban J connectivity index is 1.83. The first-order valence-electron chi connectivity index (χ1n) is 8.16. The Bertz CT molecular complexity index is 832. The molecular formula is C21H20ClNOS. The van der Waals surface area contributed by atoms with Crippen molar-refractivity contribution in [3.63, 3.8) is 0 Å². The van der Waals surface area contributed by atoms with Gasteiger partial charge in [-0.3, -0.25) is 0 Å². The molecule has 0 fully saturated rings. The molecule has 1 unspecified atom stereocenters. The Morgan fingerprint density at radius 2 is 1.56 bits per heavy atom. The van der Waals surface area contributed by atoms with Gasteiger partial charge in [0.05, 0.1) is 4.90 Å². The van der Waals surface area contributed by atoms with E-state index in [0.717, 1.165) is 22.4 Å². The van der Waals surface area contributed by atoms with Gasteiger partial charge in [0.1, 0.15) is 11.0 Å². The molecule has 2 atom stereocenters. The number of nitrogens with one attached hydrogen (secondary N) is 1. The lowest BCUT2D eigenvalue weighted by molar-refractivity contribution is 0.624. The van der Waals surface area contributed by atoms with Gasteiger partial charge in [-0.2, -0.15) is 0 Å². The van der Waals surface area contributed by atoms with Gasteiger partial charge >= 0.3 is 0 Å². The normalized spacial score (nSPS) is 13.4. The highest BCUT2D eigenvalue weighted by Crippen LogP contribution is 2.22. The molecule has 0 spiro atoms. The Kier molecular flexibility index (Phi) is 6.03. The maximum Gasteiger partial charge on any atom is 0.125 e. The van der Waals surface area contributed by atoms with Crippen molar-refractivity contribution in [1.29, 1.82) is 0 Å². The van der Waals surface area contributed by atoms with Crippen molar-refractivity contribution in [2.24, 2.45) is 0 Å². The van der Waals surface area contributed by atoms with Crippen LogP contribution in [0.2, 0.25) is 5.02 Å². The first-order valence-corrected chi connectivity index (χ1v) is 9.68. The van der Waals surface area contributed by atoms with E-state index < -0.39 is 11.0 Å². The van der Waals surface area contributed by atoms with Crippen LogP contribution in [-0.4, -0.2) is 4.21 Å². The summed E-state index contributed by atoms with van der Waals surface area (Å²) >= 11 is 6.01. The summed E-state index contributed by atoms with van der Waals surface area (Å²) in [5.41, 5.74) is 3.41. The van der Waals surface area contributed by atoms with E-state index in [2.05, 4.69) is 16.9 Å². The van der Waals surface area contributed by atoms with Crippen LogP contribution in [0.3, 0.4) is 0 Å². The van der Waals surface area contributed by atoms with Crippen molar-refractivity contribution in [2.45, 2.75) is 24.3 Å². The molecule has 0 aliphatic carbocycles. The van der Waals surface area contributed by atoms with Crippen LogP contribution in [0.15, 0.2) is 83.8 Å². The molecular weight excluding hydrogens is 350 g/mol. The minimum atomic E-state index is -1.28. The lowest BCUT2D eigenvalue weighted by atomic mass is 10.00. The highest BCUT2D eigenvalue weighted by atomic mass is 35.5. The van der Waals surface area contributed by atoms with Crippen molar-refractivity contribution in [3.8, 4) is 0 Å². The van der Waals surface area contributed by atoms with Gasteiger partial charge in [-0.1, -0.05) is 71.8 Å². The Morgan fingerprint density at radius 3 is 2.20 bits per heavy atom. The molecule has 0 amide bonds. The summed E-state index contributed by atoms with van der Waals surface area (Å²) in [5, 5.41) is 0.696. The van der Waals surface area contributed by atoms with Crippen molar-refractivity contribution >= 4 is 22.6 Å². The monoisotopic (exact) mass is 369 g/mol.